The van der Waals surface area contributed by atoms with Crippen molar-refractivity contribution in [2.24, 2.45) is 11.3 Å². The van der Waals surface area contributed by atoms with Crippen LogP contribution in [0.4, 0.5) is 0 Å². The Labute approximate surface area is 137 Å². The van der Waals surface area contributed by atoms with E-state index in [1.54, 1.807) is 6.08 Å². The molecule has 0 aliphatic rings. The van der Waals surface area contributed by atoms with Crippen LogP contribution in [-0.4, -0.2) is 25.5 Å². The number of carbonyl (C=O) groups excluding carboxylic acids is 2. The molecule has 0 amide bonds. The molecule has 0 aromatic heterocycles. The van der Waals surface area contributed by atoms with Crippen molar-refractivity contribution < 1.29 is 14.0 Å². The van der Waals surface area contributed by atoms with Crippen LogP contribution < -0.4 is 0 Å². The Hall–Kier alpha value is -0.743. The lowest BCUT2D eigenvalue weighted by atomic mass is 9.64. The van der Waals surface area contributed by atoms with E-state index in [4.69, 9.17) is 4.43 Å². The molecule has 0 N–H and O–H groups in total. The minimum absolute atomic E-state index is 0.0499. The highest BCUT2D eigenvalue weighted by atomic mass is 28.4. The van der Waals surface area contributed by atoms with E-state index in [0.717, 1.165) is 0 Å². The number of hydrogen-bond donors (Lipinski definition) is 0. The fourth-order valence-electron chi connectivity index (χ4n) is 2.74. The zero-order chi connectivity index (χ0) is 18.1. The smallest absolute Gasteiger partial charge is 0.192 e. The Kier molecular flexibility index (Phi) is 6.18. The maximum Gasteiger partial charge on any atom is 0.192 e. The Morgan fingerprint density at radius 3 is 1.59 bits per heavy atom. The molecule has 0 saturated heterocycles. The highest BCUT2D eigenvalue weighted by Gasteiger charge is 2.53. The van der Waals surface area contributed by atoms with Gasteiger partial charge in [-0.1, -0.05) is 33.8 Å². The third-order valence-electron chi connectivity index (χ3n) is 5.45. The van der Waals surface area contributed by atoms with Crippen LogP contribution in [0.5, 0.6) is 0 Å². The largest absolute Gasteiger partial charge is 0.411 e. The van der Waals surface area contributed by atoms with Gasteiger partial charge in [0.05, 0.1) is 11.5 Å². The molecular weight excluding hydrogens is 292 g/mol. The molecule has 4 heteroatoms. The maximum atomic E-state index is 12.1. The monoisotopic (exact) mass is 326 g/mol. The predicted molar refractivity (Wildman–Crippen MR) is 95.5 cm³/mol. The van der Waals surface area contributed by atoms with E-state index in [9.17, 15) is 9.59 Å². The highest BCUT2D eigenvalue weighted by molar-refractivity contribution is 6.74. The van der Waals surface area contributed by atoms with Crippen LogP contribution in [-0.2, 0) is 14.0 Å². The van der Waals surface area contributed by atoms with Gasteiger partial charge in [-0.05, 0) is 45.8 Å². The van der Waals surface area contributed by atoms with Gasteiger partial charge in [0.25, 0.3) is 0 Å². The summed E-state index contributed by atoms with van der Waals surface area (Å²) in [4.78, 5) is 24.2. The summed E-state index contributed by atoms with van der Waals surface area (Å²) in [5.74, 6) is -1.01. The lowest BCUT2D eigenvalue weighted by Gasteiger charge is -2.51. The summed E-state index contributed by atoms with van der Waals surface area (Å²) < 4.78 is 6.59. The third-order valence-corrected chi connectivity index (χ3v) is 10.1. The number of rotatable bonds is 7. The summed E-state index contributed by atoms with van der Waals surface area (Å²) in [7, 11) is -2.05. The van der Waals surface area contributed by atoms with E-state index in [-0.39, 0.29) is 16.6 Å². The average molecular weight is 327 g/mol. The van der Waals surface area contributed by atoms with Crippen LogP contribution in [0.25, 0.3) is 0 Å². The number of carbonyl (C=O) groups is 2. The second kappa shape index (κ2) is 6.40. The Morgan fingerprint density at radius 2 is 1.36 bits per heavy atom. The summed E-state index contributed by atoms with van der Waals surface area (Å²) in [6.45, 7) is 23.6. The summed E-state index contributed by atoms with van der Waals surface area (Å²) in [5, 5.41) is 0.0499. The van der Waals surface area contributed by atoms with Crippen LogP contribution in [0.2, 0.25) is 18.1 Å². The molecule has 0 aromatic carbocycles. The Balaban J connectivity index is 5.95. The number of Topliss-reactive ketones (excluding diaryl/α,β-unsaturated/α-hetero) is 2. The fourth-order valence-corrected chi connectivity index (χ4v) is 4.54. The second-order valence-electron chi connectivity index (χ2n) is 8.51. The Morgan fingerprint density at radius 1 is 1.00 bits per heavy atom. The van der Waals surface area contributed by atoms with E-state index in [0.29, 0.717) is 0 Å². The molecule has 22 heavy (non-hydrogen) atoms. The topological polar surface area (TPSA) is 43.4 Å². The van der Waals surface area contributed by atoms with Crippen molar-refractivity contribution in [2.45, 2.75) is 79.1 Å². The summed E-state index contributed by atoms with van der Waals surface area (Å²) in [6, 6.07) is 0. The zero-order valence-corrected chi connectivity index (χ0v) is 17.1. The Bertz CT molecular complexity index is 443. The van der Waals surface area contributed by atoms with Crippen LogP contribution in [0.1, 0.15) is 55.4 Å². The molecular formula is C18H34O3Si. The average Bonchev–Trinajstić information content (AvgIpc) is 2.24. The molecule has 0 saturated carbocycles. The molecule has 0 rings (SSSR count). The van der Waals surface area contributed by atoms with Gasteiger partial charge in [0.1, 0.15) is 11.6 Å². The third kappa shape index (κ3) is 3.96. The van der Waals surface area contributed by atoms with E-state index >= 15 is 0 Å². The van der Waals surface area contributed by atoms with E-state index in [2.05, 4.69) is 40.4 Å². The van der Waals surface area contributed by atoms with Gasteiger partial charge in [-0.25, -0.2) is 0 Å². The van der Waals surface area contributed by atoms with Crippen molar-refractivity contribution >= 4 is 19.9 Å². The molecule has 0 bridgehead atoms. The lowest BCUT2D eigenvalue weighted by molar-refractivity contribution is -0.141. The molecule has 0 heterocycles. The fraction of sp³-hybridized carbons (Fsp3) is 0.778. The van der Waals surface area contributed by atoms with Gasteiger partial charge in [-0.2, -0.15) is 0 Å². The van der Waals surface area contributed by atoms with E-state index in [1.165, 1.54) is 13.8 Å². The normalized spacial score (nSPS) is 16.3. The van der Waals surface area contributed by atoms with Gasteiger partial charge in [-0.3, -0.25) is 9.59 Å². The minimum atomic E-state index is -2.05. The van der Waals surface area contributed by atoms with Gasteiger partial charge < -0.3 is 4.43 Å². The summed E-state index contributed by atoms with van der Waals surface area (Å²) in [5.41, 5.74) is -1.42. The second-order valence-corrected chi connectivity index (χ2v) is 13.2. The molecule has 1 atom stereocenters. The van der Waals surface area contributed by atoms with Crippen LogP contribution in [0.3, 0.4) is 0 Å². The molecule has 3 nitrogen and oxygen atoms in total. The van der Waals surface area contributed by atoms with Crippen molar-refractivity contribution in [1.29, 1.82) is 0 Å². The highest BCUT2D eigenvalue weighted by Crippen LogP contribution is 2.48. The summed E-state index contributed by atoms with van der Waals surface area (Å²) in [6.07, 6.45) is 1.72. The van der Waals surface area contributed by atoms with Crippen molar-refractivity contribution in [3.63, 3.8) is 0 Å². The number of hydrogen-bond acceptors (Lipinski definition) is 3. The van der Waals surface area contributed by atoms with Gasteiger partial charge in [-0.15, -0.1) is 6.58 Å². The van der Waals surface area contributed by atoms with Crippen molar-refractivity contribution in [3.8, 4) is 0 Å². The first-order valence-corrected chi connectivity index (χ1v) is 10.8. The van der Waals surface area contributed by atoms with Crippen LogP contribution in [0, 0.1) is 11.3 Å². The van der Waals surface area contributed by atoms with Gasteiger partial charge in [0.2, 0.25) is 0 Å². The summed E-state index contributed by atoms with van der Waals surface area (Å²) >= 11 is 0. The molecule has 0 radical (unpaired) electrons. The van der Waals surface area contributed by atoms with Gasteiger partial charge >= 0.3 is 0 Å². The van der Waals surface area contributed by atoms with Gasteiger partial charge in [0.15, 0.2) is 8.32 Å². The molecule has 0 aliphatic heterocycles. The molecule has 0 aromatic rings. The van der Waals surface area contributed by atoms with E-state index < -0.39 is 25.3 Å². The first-order chi connectivity index (χ1) is 9.53. The van der Waals surface area contributed by atoms with Crippen molar-refractivity contribution in [1.82, 2.24) is 0 Å². The lowest BCUT2D eigenvalue weighted by Crippen LogP contribution is -2.57. The number of ketones is 2. The molecule has 0 fully saturated rings. The zero-order valence-electron chi connectivity index (χ0n) is 16.1. The van der Waals surface area contributed by atoms with E-state index in [1.807, 2.05) is 20.8 Å². The predicted octanol–water partition coefficient (Wildman–Crippen LogP) is 4.77. The first-order valence-electron chi connectivity index (χ1n) is 7.88. The van der Waals surface area contributed by atoms with Gasteiger partial charge in [0, 0.05) is 5.41 Å². The molecule has 0 spiro atoms. The maximum absolute atomic E-state index is 12.1. The first kappa shape index (κ1) is 21.3. The molecule has 0 unspecified atom stereocenters. The minimum Gasteiger partial charge on any atom is -0.411 e. The quantitative estimate of drug-likeness (QED) is 0.384. The van der Waals surface area contributed by atoms with Crippen LogP contribution in [0.15, 0.2) is 12.7 Å². The standard InChI is InChI=1S/C18H34O3Si/c1-12-18(9,15(13(2)19)14(3)20)17(7,8)21-22(10,11)16(4,5)6/h12,15H,1H2,2-11H3/t18-/m0/s1. The van der Waals surface area contributed by atoms with Crippen molar-refractivity contribution in [2.75, 3.05) is 0 Å². The van der Waals surface area contributed by atoms with Crippen LogP contribution >= 0.6 is 0 Å². The van der Waals surface area contributed by atoms with Crippen molar-refractivity contribution in [3.05, 3.63) is 12.7 Å². The SMILES string of the molecule is C=C[C@@](C)(C(C(C)=O)C(C)=O)C(C)(C)O[Si](C)(C)C(C)(C)C. The molecule has 128 valence electrons. The molecule has 0 aliphatic carbocycles.